The summed E-state index contributed by atoms with van der Waals surface area (Å²) < 4.78 is 0. The van der Waals surface area contributed by atoms with Crippen molar-refractivity contribution in [2.45, 2.75) is 20.3 Å². The van der Waals surface area contributed by atoms with Crippen molar-refractivity contribution in [1.29, 1.82) is 0 Å². The second-order valence-electron chi connectivity index (χ2n) is 3.39. The zero-order valence-corrected chi connectivity index (χ0v) is 8.02. The maximum absolute atomic E-state index is 5.70. The molecule has 2 heteroatoms. The predicted molar refractivity (Wildman–Crippen MR) is 56.8 cm³/mol. The summed E-state index contributed by atoms with van der Waals surface area (Å²) in [5.41, 5.74) is 10.3. The average Bonchev–Trinajstić information content (AvgIpc) is 2.39. The molecule has 2 nitrogen and oxygen atoms in total. The van der Waals surface area contributed by atoms with Gasteiger partial charge in [0.2, 0.25) is 0 Å². The number of benzene rings is 1. The molecule has 0 saturated heterocycles. The maximum Gasteiger partial charge on any atom is 0.0479 e. The van der Waals surface area contributed by atoms with E-state index in [1.54, 1.807) is 0 Å². The Morgan fingerprint density at radius 1 is 1.38 bits per heavy atom. The molecule has 0 aliphatic heterocycles. The summed E-state index contributed by atoms with van der Waals surface area (Å²) in [7, 11) is 0. The molecule has 0 unspecified atom stereocenters. The summed E-state index contributed by atoms with van der Waals surface area (Å²) in [5.74, 6) is 0. The summed E-state index contributed by atoms with van der Waals surface area (Å²) in [6.07, 6.45) is 1.07. The lowest BCUT2D eigenvalue weighted by Gasteiger charge is -1.95. The number of fused-ring (bicyclic) bond motifs is 1. The third-order valence-corrected chi connectivity index (χ3v) is 2.50. The van der Waals surface area contributed by atoms with Crippen LogP contribution in [0.5, 0.6) is 0 Å². The minimum atomic E-state index is 0.816. The van der Waals surface area contributed by atoms with Crippen LogP contribution in [0.2, 0.25) is 0 Å². The average molecular weight is 174 g/mol. The Bertz CT molecular complexity index is 441. The standard InChI is InChI=1S/C11H14N2/c1-3-9-7(2)13-11-6-8(12)4-5-10(9)11/h4-6,13H,3,12H2,1-2H3. The molecular weight excluding hydrogens is 160 g/mol. The van der Waals surface area contributed by atoms with Crippen LogP contribution >= 0.6 is 0 Å². The fraction of sp³-hybridized carbons (Fsp3) is 0.273. The quantitative estimate of drug-likeness (QED) is 0.641. The van der Waals surface area contributed by atoms with Crippen molar-refractivity contribution in [3.05, 3.63) is 29.5 Å². The SMILES string of the molecule is CCc1c(C)[nH]c2cc(N)ccc12. The number of aryl methyl sites for hydroxylation is 2. The van der Waals surface area contributed by atoms with Gasteiger partial charge >= 0.3 is 0 Å². The smallest absolute Gasteiger partial charge is 0.0479 e. The molecule has 1 aromatic heterocycles. The van der Waals surface area contributed by atoms with Crippen molar-refractivity contribution < 1.29 is 0 Å². The molecule has 0 amide bonds. The number of nitrogen functional groups attached to an aromatic ring is 1. The molecule has 0 atom stereocenters. The van der Waals surface area contributed by atoms with Crippen molar-refractivity contribution in [2.24, 2.45) is 0 Å². The van der Waals surface area contributed by atoms with Crippen molar-refractivity contribution in [3.63, 3.8) is 0 Å². The molecule has 0 saturated carbocycles. The van der Waals surface area contributed by atoms with Crippen LogP contribution in [0.1, 0.15) is 18.2 Å². The van der Waals surface area contributed by atoms with E-state index in [0.717, 1.165) is 17.6 Å². The van der Waals surface area contributed by atoms with Gasteiger partial charge in [0, 0.05) is 22.3 Å². The number of aromatic nitrogens is 1. The van der Waals surface area contributed by atoms with E-state index >= 15 is 0 Å². The van der Waals surface area contributed by atoms with E-state index in [2.05, 4.69) is 24.9 Å². The molecule has 0 bridgehead atoms. The normalized spacial score (nSPS) is 10.9. The lowest BCUT2D eigenvalue weighted by Crippen LogP contribution is -1.83. The number of aromatic amines is 1. The van der Waals surface area contributed by atoms with Crippen LogP contribution in [0.3, 0.4) is 0 Å². The number of nitrogens with one attached hydrogen (secondary N) is 1. The first-order valence-electron chi connectivity index (χ1n) is 4.59. The molecule has 68 valence electrons. The number of anilines is 1. The van der Waals surface area contributed by atoms with Crippen LogP contribution in [-0.4, -0.2) is 4.98 Å². The van der Waals surface area contributed by atoms with Crippen molar-refractivity contribution in [2.75, 3.05) is 5.73 Å². The van der Waals surface area contributed by atoms with Crippen molar-refractivity contribution in [1.82, 2.24) is 4.98 Å². The molecule has 2 aromatic rings. The number of hydrogen-bond donors (Lipinski definition) is 2. The Balaban J connectivity index is 2.79. The van der Waals surface area contributed by atoms with Crippen LogP contribution in [-0.2, 0) is 6.42 Å². The molecule has 1 aromatic carbocycles. The van der Waals surface area contributed by atoms with E-state index < -0.39 is 0 Å². The lowest BCUT2D eigenvalue weighted by molar-refractivity contribution is 1.11. The Kier molecular flexibility index (Phi) is 1.76. The molecule has 0 aliphatic carbocycles. The van der Waals surface area contributed by atoms with Gasteiger partial charge in [-0.3, -0.25) is 0 Å². The van der Waals surface area contributed by atoms with E-state index in [1.165, 1.54) is 16.6 Å². The van der Waals surface area contributed by atoms with Gasteiger partial charge in [-0.1, -0.05) is 13.0 Å². The number of nitrogens with two attached hydrogens (primary N) is 1. The number of rotatable bonds is 1. The summed E-state index contributed by atoms with van der Waals surface area (Å²) >= 11 is 0. The third-order valence-electron chi connectivity index (χ3n) is 2.50. The zero-order valence-electron chi connectivity index (χ0n) is 8.02. The number of H-pyrrole nitrogens is 1. The van der Waals surface area contributed by atoms with Gasteiger partial charge in [0.15, 0.2) is 0 Å². The van der Waals surface area contributed by atoms with E-state index in [4.69, 9.17) is 5.73 Å². The van der Waals surface area contributed by atoms with E-state index in [9.17, 15) is 0 Å². The van der Waals surface area contributed by atoms with Crippen LogP contribution in [0, 0.1) is 6.92 Å². The highest BCUT2D eigenvalue weighted by Crippen LogP contribution is 2.24. The topological polar surface area (TPSA) is 41.8 Å². The largest absolute Gasteiger partial charge is 0.399 e. The Hall–Kier alpha value is -1.44. The van der Waals surface area contributed by atoms with Crippen LogP contribution in [0.15, 0.2) is 18.2 Å². The number of hydrogen-bond acceptors (Lipinski definition) is 1. The summed E-state index contributed by atoms with van der Waals surface area (Å²) in [5, 5.41) is 1.30. The highest BCUT2D eigenvalue weighted by Gasteiger charge is 2.05. The minimum absolute atomic E-state index is 0.816. The predicted octanol–water partition coefficient (Wildman–Crippen LogP) is 2.62. The lowest BCUT2D eigenvalue weighted by atomic mass is 10.1. The van der Waals surface area contributed by atoms with Crippen LogP contribution < -0.4 is 5.73 Å². The highest BCUT2D eigenvalue weighted by molar-refractivity contribution is 5.87. The first kappa shape index (κ1) is 8.17. The van der Waals surface area contributed by atoms with Gasteiger partial charge in [-0.15, -0.1) is 0 Å². The zero-order chi connectivity index (χ0) is 9.42. The van der Waals surface area contributed by atoms with Gasteiger partial charge in [0.05, 0.1) is 0 Å². The molecule has 0 spiro atoms. The second kappa shape index (κ2) is 2.80. The molecule has 0 radical (unpaired) electrons. The van der Waals surface area contributed by atoms with Gasteiger partial charge in [0.1, 0.15) is 0 Å². The Morgan fingerprint density at radius 2 is 2.15 bits per heavy atom. The van der Waals surface area contributed by atoms with Crippen molar-refractivity contribution >= 4 is 16.6 Å². The van der Waals surface area contributed by atoms with Gasteiger partial charge in [-0.05, 0) is 31.0 Å². The summed E-state index contributed by atoms with van der Waals surface area (Å²) in [4.78, 5) is 3.34. The highest BCUT2D eigenvalue weighted by atomic mass is 14.7. The van der Waals surface area contributed by atoms with Gasteiger partial charge < -0.3 is 10.7 Å². The van der Waals surface area contributed by atoms with E-state index in [0.29, 0.717) is 0 Å². The summed E-state index contributed by atoms with van der Waals surface area (Å²) in [6, 6.07) is 6.03. The fourth-order valence-electron chi connectivity index (χ4n) is 1.86. The Labute approximate surface area is 77.8 Å². The molecule has 3 N–H and O–H groups in total. The van der Waals surface area contributed by atoms with Crippen molar-refractivity contribution in [3.8, 4) is 0 Å². The molecule has 0 fully saturated rings. The van der Waals surface area contributed by atoms with Gasteiger partial charge in [-0.2, -0.15) is 0 Å². The fourth-order valence-corrected chi connectivity index (χ4v) is 1.86. The van der Waals surface area contributed by atoms with Gasteiger partial charge in [0.25, 0.3) is 0 Å². The maximum atomic E-state index is 5.70. The third kappa shape index (κ3) is 1.18. The second-order valence-corrected chi connectivity index (χ2v) is 3.39. The molecule has 0 aliphatic rings. The minimum Gasteiger partial charge on any atom is -0.399 e. The van der Waals surface area contributed by atoms with E-state index in [-0.39, 0.29) is 0 Å². The first-order chi connectivity index (χ1) is 6.22. The van der Waals surface area contributed by atoms with Gasteiger partial charge in [-0.25, -0.2) is 0 Å². The Morgan fingerprint density at radius 3 is 2.85 bits per heavy atom. The molecule has 2 rings (SSSR count). The molecule has 1 heterocycles. The first-order valence-corrected chi connectivity index (χ1v) is 4.59. The molecule has 13 heavy (non-hydrogen) atoms. The van der Waals surface area contributed by atoms with Crippen LogP contribution in [0.25, 0.3) is 10.9 Å². The van der Waals surface area contributed by atoms with E-state index in [1.807, 2.05) is 12.1 Å². The summed E-state index contributed by atoms with van der Waals surface area (Å²) in [6.45, 7) is 4.28. The molecular formula is C11H14N2. The van der Waals surface area contributed by atoms with Crippen LogP contribution in [0.4, 0.5) is 5.69 Å². The monoisotopic (exact) mass is 174 g/mol.